The fraction of sp³-hybridized carbons (Fsp3) is 0.242. The number of para-hydroxylation sites is 1. The van der Waals surface area contributed by atoms with Crippen LogP contribution in [0.1, 0.15) is 58.8 Å². The summed E-state index contributed by atoms with van der Waals surface area (Å²) in [5.41, 5.74) is 4.78. The van der Waals surface area contributed by atoms with Gasteiger partial charge in [0.1, 0.15) is 11.5 Å². The Bertz CT molecular complexity index is 1340. The largest absolute Gasteiger partial charge is 0.457 e. The average Bonchev–Trinajstić information content (AvgIpc) is 2.94. The summed E-state index contributed by atoms with van der Waals surface area (Å²) in [7, 11) is 0. The summed E-state index contributed by atoms with van der Waals surface area (Å²) in [6, 6.07) is 31.2. The molecule has 4 aromatic rings. The molecule has 0 aromatic heterocycles. The van der Waals surface area contributed by atoms with Crippen molar-refractivity contribution in [2.24, 2.45) is 0 Å². The van der Waals surface area contributed by atoms with Crippen LogP contribution >= 0.6 is 15.9 Å². The first-order chi connectivity index (χ1) is 19.0. The third kappa shape index (κ3) is 9.06. The van der Waals surface area contributed by atoms with Crippen molar-refractivity contribution in [3.63, 3.8) is 0 Å². The highest BCUT2D eigenvalue weighted by Gasteiger charge is 2.12. The van der Waals surface area contributed by atoms with Gasteiger partial charge in [-0.3, -0.25) is 4.79 Å². The second-order valence-electron chi connectivity index (χ2n) is 9.65. The zero-order chi connectivity index (χ0) is 27.5. The van der Waals surface area contributed by atoms with Crippen LogP contribution in [0, 0.1) is 0 Å². The lowest BCUT2D eigenvalue weighted by Crippen LogP contribution is -2.23. The number of aryl methyl sites for hydroxylation is 1. The van der Waals surface area contributed by atoms with E-state index in [1.54, 1.807) is 12.1 Å². The Morgan fingerprint density at radius 1 is 0.821 bits per heavy atom. The van der Waals surface area contributed by atoms with E-state index in [2.05, 4.69) is 52.4 Å². The molecule has 202 valence electrons. The first-order valence-electron chi connectivity index (χ1n) is 13.4. The minimum atomic E-state index is -0.134. The van der Waals surface area contributed by atoms with Gasteiger partial charge in [-0.1, -0.05) is 96.4 Å². The molecule has 39 heavy (non-hydrogen) atoms. The minimum Gasteiger partial charge on any atom is -0.457 e. The molecular formula is C33H35BrN2O3. The van der Waals surface area contributed by atoms with Crippen LogP contribution in [0.5, 0.6) is 11.5 Å². The smallest absolute Gasteiger partial charge is 0.251 e. The summed E-state index contributed by atoms with van der Waals surface area (Å²) in [5, 5.41) is 14.9. The number of carbonyl (C=O) groups excluding carboxylic acids is 1. The van der Waals surface area contributed by atoms with Crippen molar-refractivity contribution in [3.8, 4) is 11.5 Å². The molecule has 0 radical (unpaired) electrons. The van der Waals surface area contributed by atoms with Gasteiger partial charge in [0.25, 0.3) is 5.91 Å². The Morgan fingerprint density at radius 3 is 2.31 bits per heavy atom. The number of ether oxygens (including phenoxy) is 1. The van der Waals surface area contributed by atoms with Crippen molar-refractivity contribution < 1.29 is 14.7 Å². The van der Waals surface area contributed by atoms with Gasteiger partial charge in [0, 0.05) is 23.1 Å². The van der Waals surface area contributed by atoms with Gasteiger partial charge >= 0.3 is 0 Å². The quantitative estimate of drug-likeness (QED) is 0.122. The first-order valence-corrected chi connectivity index (χ1v) is 14.2. The molecule has 0 spiro atoms. The van der Waals surface area contributed by atoms with Gasteiger partial charge in [0.2, 0.25) is 0 Å². The van der Waals surface area contributed by atoms with Gasteiger partial charge < -0.3 is 15.3 Å². The third-order valence-corrected chi connectivity index (χ3v) is 7.19. The molecule has 6 heteroatoms. The highest BCUT2D eigenvalue weighted by Crippen LogP contribution is 2.24. The van der Waals surface area contributed by atoms with E-state index < -0.39 is 0 Å². The topological polar surface area (TPSA) is 61.8 Å². The maximum atomic E-state index is 12.7. The van der Waals surface area contributed by atoms with Gasteiger partial charge in [-0.15, -0.1) is 0 Å². The number of nitrogens with one attached hydrogen (secondary N) is 1. The van der Waals surface area contributed by atoms with Gasteiger partial charge in [-0.05, 0) is 71.5 Å². The number of rotatable bonds is 13. The van der Waals surface area contributed by atoms with E-state index in [1.165, 1.54) is 29.9 Å². The van der Waals surface area contributed by atoms with E-state index in [0.717, 1.165) is 33.3 Å². The minimum absolute atomic E-state index is 0.134. The molecule has 0 aliphatic heterocycles. The lowest BCUT2D eigenvalue weighted by atomic mass is 10.1. The summed E-state index contributed by atoms with van der Waals surface area (Å²) < 4.78 is 6.67. The van der Waals surface area contributed by atoms with E-state index in [1.807, 2.05) is 60.7 Å². The molecule has 0 atom stereocenters. The average molecular weight is 588 g/mol. The van der Waals surface area contributed by atoms with Gasteiger partial charge in [0.15, 0.2) is 0 Å². The first kappa shape index (κ1) is 28.6. The molecule has 0 fully saturated rings. The SMILES string of the molecule is CCCCCc1ccc(CNC(=O)c2ccc(CN(O)Cc3cccc(Oc4ccccc4)c3)c(Br)c2)cc1. The summed E-state index contributed by atoms with van der Waals surface area (Å²) in [4.78, 5) is 12.7. The number of amides is 1. The monoisotopic (exact) mass is 586 g/mol. The van der Waals surface area contributed by atoms with Crippen molar-refractivity contribution in [2.75, 3.05) is 0 Å². The molecule has 2 N–H and O–H groups in total. The molecule has 0 saturated heterocycles. The van der Waals surface area contributed by atoms with Crippen molar-refractivity contribution in [1.29, 1.82) is 0 Å². The number of hydrogen-bond acceptors (Lipinski definition) is 4. The van der Waals surface area contributed by atoms with Crippen LogP contribution in [-0.2, 0) is 26.1 Å². The fourth-order valence-electron chi connectivity index (χ4n) is 4.30. The van der Waals surface area contributed by atoms with Crippen LogP contribution in [0.3, 0.4) is 0 Å². The third-order valence-electron chi connectivity index (χ3n) is 6.46. The summed E-state index contributed by atoms with van der Waals surface area (Å²) in [6.07, 6.45) is 4.78. The molecule has 0 aliphatic rings. The number of nitrogens with zero attached hydrogens (tertiary/aromatic N) is 1. The Labute approximate surface area is 239 Å². The van der Waals surface area contributed by atoms with Gasteiger partial charge in [-0.25, -0.2) is 0 Å². The van der Waals surface area contributed by atoms with Crippen LogP contribution in [0.15, 0.2) is 102 Å². The second kappa shape index (κ2) is 14.6. The van der Waals surface area contributed by atoms with Crippen molar-refractivity contribution in [3.05, 3.63) is 129 Å². The highest BCUT2D eigenvalue weighted by molar-refractivity contribution is 9.10. The van der Waals surface area contributed by atoms with E-state index in [9.17, 15) is 10.0 Å². The Hall–Kier alpha value is -3.45. The molecule has 0 saturated carbocycles. The van der Waals surface area contributed by atoms with E-state index in [-0.39, 0.29) is 5.91 Å². The molecule has 0 heterocycles. The second-order valence-corrected chi connectivity index (χ2v) is 10.5. The maximum Gasteiger partial charge on any atom is 0.251 e. The highest BCUT2D eigenvalue weighted by atomic mass is 79.9. The standard InChI is InChI=1S/C33H35BrN2O3/c1-2-3-5-9-25-14-16-26(17-15-25)22-35-33(37)28-18-19-29(32(34)21-28)24-36(38)23-27-10-8-13-31(20-27)39-30-11-6-4-7-12-30/h4,6-8,10-21,38H,2-3,5,9,22-24H2,1H3,(H,35,37). The Balaban J connectivity index is 1.28. The number of benzene rings is 4. The van der Waals surface area contributed by atoms with Crippen molar-refractivity contribution in [1.82, 2.24) is 10.4 Å². The predicted octanol–water partition coefficient (Wildman–Crippen LogP) is 8.30. The number of unbranched alkanes of at least 4 members (excludes halogenated alkanes) is 2. The Kier molecular flexibility index (Phi) is 10.7. The van der Waals surface area contributed by atoms with Crippen LogP contribution in [0.25, 0.3) is 0 Å². The molecule has 0 unspecified atom stereocenters. The lowest BCUT2D eigenvalue weighted by Gasteiger charge is -2.17. The van der Waals surface area contributed by atoms with Gasteiger partial charge in [0.05, 0.1) is 6.54 Å². The van der Waals surface area contributed by atoms with E-state index >= 15 is 0 Å². The number of hydroxylamine groups is 2. The lowest BCUT2D eigenvalue weighted by molar-refractivity contribution is -0.108. The predicted molar refractivity (Wildman–Crippen MR) is 159 cm³/mol. The number of carbonyl (C=O) groups is 1. The number of hydrogen-bond donors (Lipinski definition) is 2. The normalized spacial score (nSPS) is 11.0. The van der Waals surface area contributed by atoms with Crippen LogP contribution in [-0.4, -0.2) is 16.2 Å². The van der Waals surface area contributed by atoms with Gasteiger partial charge in [-0.2, -0.15) is 5.06 Å². The summed E-state index contributed by atoms with van der Waals surface area (Å²) in [6.45, 7) is 3.32. The van der Waals surface area contributed by atoms with Crippen LogP contribution in [0.4, 0.5) is 0 Å². The molecule has 1 amide bonds. The molecule has 4 aromatic carbocycles. The molecule has 5 nitrogen and oxygen atoms in total. The molecule has 0 bridgehead atoms. The summed E-state index contributed by atoms with van der Waals surface area (Å²) >= 11 is 3.57. The molecule has 0 aliphatic carbocycles. The van der Waals surface area contributed by atoms with Crippen LogP contribution < -0.4 is 10.1 Å². The Morgan fingerprint density at radius 2 is 1.56 bits per heavy atom. The zero-order valence-electron chi connectivity index (χ0n) is 22.3. The van der Waals surface area contributed by atoms with Crippen molar-refractivity contribution >= 4 is 21.8 Å². The van der Waals surface area contributed by atoms with E-state index in [0.29, 0.717) is 30.9 Å². The maximum absolute atomic E-state index is 12.7. The van der Waals surface area contributed by atoms with Crippen LogP contribution in [0.2, 0.25) is 0 Å². The van der Waals surface area contributed by atoms with Crippen molar-refractivity contribution in [2.45, 2.75) is 52.2 Å². The fourth-order valence-corrected chi connectivity index (χ4v) is 4.80. The number of halogens is 1. The summed E-state index contributed by atoms with van der Waals surface area (Å²) in [5.74, 6) is 1.34. The zero-order valence-corrected chi connectivity index (χ0v) is 23.9. The molecular weight excluding hydrogens is 552 g/mol. The molecule has 4 rings (SSSR count). The van der Waals surface area contributed by atoms with E-state index in [4.69, 9.17) is 4.74 Å².